The largest absolute Gasteiger partial charge is 0.368 e. The lowest BCUT2D eigenvalue weighted by Crippen LogP contribution is -2.55. The summed E-state index contributed by atoms with van der Waals surface area (Å²) < 4.78 is 0. The fraction of sp³-hybridized carbons (Fsp3) is 0.611. The zero-order valence-electron chi connectivity index (χ0n) is 14.5. The van der Waals surface area contributed by atoms with E-state index in [4.69, 9.17) is 0 Å². The van der Waals surface area contributed by atoms with Crippen molar-refractivity contribution in [2.45, 2.75) is 46.1 Å². The highest BCUT2D eigenvalue weighted by molar-refractivity contribution is 5.75. The van der Waals surface area contributed by atoms with Gasteiger partial charge in [-0.15, -0.1) is 0 Å². The van der Waals surface area contributed by atoms with Gasteiger partial charge in [-0.1, -0.05) is 32.0 Å². The summed E-state index contributed by atoms with van der Waals surface area (Å²) in [5, 5.41) is 3.04. The number of hydrogen-bond acceptors (Lipinski definition) is 2. The molecule has 0 saturated carbocycles. The van der Waals surface area contributed by atoms with Crippen LogP contribution in [0.5, 0.6) is 0 Å². The minimum atomic E-state index is -0.182. The van der Waals surface area contributed by atoms with Gasteiger partial charge in [0.2, 0.25) is 0 Å². The molecule has 1 N–H and O–H groups in total. The molecule has 4 heteroatoms. The number of rotatable bonds is 2. The van der Waals surface area contributed by atoms with E-state index in [2.05, 4.69) is 48.3 Å². The fourth-order valence-corrected chi connectivity index (χ4v) is 2.81. The molecule has 1 aromatic rings. The number of carbonyl (C=O) groups excluding carboxylic acids is 1. The number of carbonyl (C=O) groups is 1. The molecule has 1 heterocycles. The maximum atomic E-state index is 12.2. The van der Waals surface area contributed by atoms with Crippen LogP contribution in [-0.4, -0.2) is 42.6 Å². The van der Waals surface area contributed by atoms with Crippen LogP contribution in [0.15, 0.2) is 24.3 Å². The van der Waals surface area contributed by atoms with Crippen molar-refractivity contribution in [2.75, 3.05) is 31.1 Å². The maximum absolute atomic E-state index is 12.2. The lowest BCUT2D eigenvalue weighted by molar-refractivity contribution is 0.185. The van der Waals surface area contributed by atoms with Gasteiger partial charge in [-0.3, -0.25) is 0 Å². The predicted molar refractivity (Wildman–Crippen MR) is 92.6 cm³/mol. The first kappa shape index (κ1) is 16.7. The zero-order valence-corrected chi connectivity index (χ0v) is 14.5. The van der Waals surface area contributed by atoms with Crippen LogP contribution in [0.25, 0.3) is 0 Å². The quantitative estimate of drug-likeness (QED) is 0.908. The van der Waals surface area contributed by atoms with Crippen LogP contribution in [0.1, 0.15) is 46.1 Å². The van der Waals surface area contributed by atoms with Crippen molar-refractivity contribution in [1.82, 2.24) is 10.2 Å². The van der Waals surface area contributed by atoms with Crippen molar-refractivity contribution in [3.63, 3.8) is 0 Å². The molecular weight excluding hydrogens is 274 g/mol. The van der Waals surface area contributed by atoms with Gasteiger partial charge in [0.25, 0.3) is 0 Å². The summed E-state index contributed by atoms with van der Waals surface area (Å²) in [5.74, 6) is 0.512. The molecule has 122 valence electrons. The first-order chi connectivity index (χ1) is 10.3. The van der Waals surface area contributed by atoms with Gasteiger partial charge in [-0.05, 0) is 38.3 Å². The molecule has 1 fully saturated rings. The highest BCUT2D eigenvalue weighted by Gasteiger charge is 2.25. The summed E-state index contributed by atoms with van der Waals surface area (Å²) >= 11 is 0. The Bertz CT molecular complexity index is 511. The minimum absolute atomic E-state index is 0.0456. The Balaban J connectivity index is 2.00. The van der Waals surface area contributed by atoms with Crippen LogP contribution in [0.2, 0.25) is 0 Å². The summed E-state index contributed by atoms with van der Waals surface area (Å²) in [5.41, 5.74) is 2.52. The monoisotopic (exact) mass is 303 g/mol. The Hall–Kier alpha value is -1.71. The number of amides is 2. The van der Waals surface area contributed by atoms with Gasteiger partial charge < -0.3 is 15.1 Å². The van der Waals surface area contributed by atoms with Crippen molar-refractivity contribution in [3.8, 4) is 0 Å². The smallest absolute Gasteiger partial charge is 0.317 e. The Morgan fingerprint density at radius 3 is 2.23 bits per heavy atom. The van der Waals surface area contributed by atoms with E-state index >= 15 is 0 Å². The molecular formula is C18H29N3O. The first-order valence-corrected chi connectivity index (χ1v) is 8.19. The molecule has 2 amide bonds. The highest BCUT2D eigenvalue weighted by Crippen LogP contribution is 2.28. The molecule has 4 nitrogen and oxygen atoms in total. The molecule has 0 radical (unpaired) electrons. The molecule has 0 aromatic heterocycles. The van der Waals surface area contributed by atoms with Gasteiger partial charge in [0, 0.05) is 37.4 Å². The second kappa shape index (κ2) is 6.59. The summed E-state index contributed by atoms with van der Waals surface area (Å²) in [7, 11) is 0. The average molecular weight is 303 g/mol. The van der Waals surface area contributed by atoms with Crippen molar-refractivity contribution in [2.24, 2.45) is 0 Å². The van der Waals surface area contributed by atoms with Gasteiger partial charge in [0.05, 0.1) is 0 Å². The van der Waals surface area contributed by atoms with Gasteiger partial charge in [-0.25, -0.2) is 4.79 Å². The highest BCUT2D eigenvalue weighted by atomic mass is 16.2. The van der Waals surface area contributed by atoms with Crippen LogP contribution >= 0.6 is 0 Å². The third kappa shape index (κ3) is 4.15. The van der Waals surface area contributed by atoms with Crippen LogP contribution < -0.4 is 10.2 Å². The van der Waals surface area contributed by atoms with E-state index in [0.29, 0.717) is 5.92 Å². The molecule has 0 aliphatic carbocycles. The van der Waals surface area contributed by atoms with Gasteiger partial charge >= 0.3 is 6.03 Å². The molecule has 2 rings (SSSR count). The van der Waals surface area contributed by atoms with E-state index in [-0.39, 0.29) is 11.6 Å². The van der Waals surface area contributed by atoms with Gasteiger partial charge in [0.1, 0.15) is 0 Å². The summed E-state index contributed by atoms with van der Waals surface area (Å²) in [6, 6.07) is 8.65. The van der Waals surface area contributed by atoms with E-state index < -0.39 is 0 Å². The Morgan fingerprint density at radius 2 is 1.68 bits per heavy atom. The predicted octanol–water partition coefficient (Wildman–Crippen LogP) is 3.44. The average Bonchev–Trinajstić information content (AvgIpc) is 2.45. The lowest BCUT2D eigenvalue weighted by atomic mass is 10.00. The minimum Gasteiger partial charge on any atom is -0.368 e. The second-order valence-electron chi connectivity index (χ2n) is 7.37. The van der Waals surface area contributed by atoms with Crippen molar-refractivity contribution in [1.29, 1.82) is 0 Å². The van der Waals surface area contributed by atoms with Crippen LogP contribution in [0.3, 0.4) is 0 Å². The SMILES string of the molecule is CC(C)c1ccccc1N1CCN(C(=O)NC(C)(C)C)CC1. The van der Waals surface area contributed by atoms with E-state index in [0.717, 1.165) is 26.2 Å². The van der Waals surface area contributed by atoms with E-state index in [1.807, 2.05) is 25.7 Å². The summed E-state index contributed by atoms with van der Waals surface area (Å²) in [6.45, 7) is 13.8. The molecule has 0 spiro atoms. The van der Waals surface area contributed by atoms with E-state index in [9.17, 15) is 4.79 Å². The molecule has 0 atom stereocenters. The van der Waals surface area contributed by atoms with E-state index in [1.54, 1.807) is 0 Å². The standard InChI is InChI=1S/C18H29N3O/c1-14(2)15-8-6-7-9-16(15)20-10-12-21(13-11-20)17(22)19-18(3,4)5/h6-9,14H,10-13H2,1-5H3,(H,19,22). The number of nitrogens with one attached hydrogen (secondary N) is 1. The summed E-state index contributed by atoms with van der Waals surface area (Å²) in [4.78, 5) is 16.5. The van der Waals surface area contributed by atoms with Gasteiger partial charge in [-0.2, -0.15) is 0 Å². The van der Waals surface area contributed by atoms with E-state index in [1.165, 1.54) is 11.3 Å². The third-order valence-electron chi connectivity index (χ3n) is 3.95. The Kier molecular flexibility index (Phi) is 4.99. The normalized spacial score (nSPS) is 16.1. The Morgan fingerprint density at radius 1 is 1.09 bits per heavy atom. The number of hydrogen-bond donors (Lipinski definition) is 1. The van der Waals surface area contributed by atoms with Crippen LogP contribution in [0.4, 0.5) is 10.5 Å². The number of anilines is 1. The number of benzene rings is 1. The third-order valence-corrected chi connectivity index (χ3v) is 3.95. The first-order valence-electron chi connectivity index (χ1n) is 8.19. The molecule has 0 unspecified atom stereocenters. The fourth-order valence-electron chi connectivity index (χ4n) is 2.81. The Labute approximate surface area is 134 Å². The lowest BCUT2D eigenvalue weighted by Gasteiger charge is -2.38. The van der Waals surface area contributed by atoms with Crippen molar-refractivity contribution in [3.05, 3.63) is 29.8 Å². The molecule has 1 aromatic carbocycles. The van der Waals surface area contributed by atoms with Crippen LogP contribution in [0, 0.1) is 0 Å². The topological polar surface area (TPSA) is 35.6 Å². The number of urea groups is 1. The van der Waals surface area contributed by atoms with Crippen molar-refractivity contribution < 1.29 is 4.79 Å². The second-order valence-corrected chi connectivity index (χ2v) is 7.37. The molecule has 1 aliphatic rings. The zero-order chi connectivity index (χ0) is 16.3. The molecule has 22 heavy (non-hydrogen) atoms. The molecule has 1 saturated heterocycles. The number of nitrogens with zero attached hydrogens (tertiary/aromatic N) is 2. The van der Waals surface area contributed by atoms with Crippen molar-refractivity contribution >= 4 is 11.7 Å². The number of para-hydroxylation sites is 1. The summed E-state index contributed by atoms with van der Waals surface area (Å²) in [6.07, 6.45) is 0. The van der Waals surface area contributed by atoms with Crippen LogP contribution in [-0.2, 0) is 0 Å². The molecule has 1 aliphatic heterocycles. The van der Waals surface area contributed by atoms with Gasteiger partial charge in [0.15, 0.2) is 0 Å². The number of piperazine rings is 1. The molecule has 0 bridgehead atoms. The maximum Gasteiger partial charge on any atom is 0.317 e.